The minimum atomic E-state index is -1.65. The summed E-state index contributed by atoms with van der Waals surface area (Å²) in [6, 6.07) is 8.94. The SMILES string of the molecule is O=C1NCc2cc(-c3cc(B(O)O)ccc3F)ccc21. The fourth-order valence-electron chi connectivity index (χ4n) is 2.32. The second-order valence-corrected chi connectivity index (χ2v) is 4.67. The van der Waals surface area contributed by atoms with Crippen molar-refractivity contribution in [3.63, 3.8) is 0 Å². The number of nitrogens with one attached hydrogen (secondary N) is 1. The second kappa shape index (κ2) is 4.74. The topological polar surface area (TPSA) is 69.6 Å². The molecule has 1 aliphatic rings. The van der Waals surface area contributed by atoms with E-state index in [1.165, 1.54) is 18.2 Å². The highest BCUT2D eigenvalue weighted by Crippen LogP contribution is 2.26. The van der Waals surface area contributed by atoms with Gasteiger partial charge < -0.3 is 15.4 Å². The molecule has 0 aromatic heterocycles. The maximum absolute atomic E-state index is 13.9. The quantitative estimate of drug-likeness (QED) is 0.693. The van der Waals surface area contributed by atoms with Crippen molar-refractivity contribution in [2.45, 2.75) is 6.54 Å². The van der Waals surface area contributed by atoms with Crippen LogP contribution in [0.1, 0.15) is 15.9 Å². The van der Waals surface area contributed by atoms with Gasteiger partial charge in [0.25, 0.3) is 5.91 Å². The van der Waals surface area contributed by atoms with Crippen LogP contribution in [0.3, 0.4) is 0 Å². The number of amides is 1. The van der Waals surface area contributed by atoms with E-state index >= 15 is 0 Å². The fraction of sp³-hybridized carbons (Fsp3) is 0.0714. The van der Waals surface area contributed by atoms with Gasteiger partial charge in [0.1, 0.15) is 5.82 Å². The molecule has 100 valence electrons. The largest absolute Gasteiger partial charge is 0.488 e. The zero-order chi connectivity index (χ0) is 14.3. The van der Waals surface area contributed by atoms with Gasteiger partial charge >= 0.3 is 7.12 Å². The van der Waals surface area contributed by atoms with Crippen LogP contribution in [0, 0.1) is 5.82 Å². The normalized spacial score (nSPS) is 13.1. The fourth-order valence-corrected chi connectivity index (χ4v) is 2.32. The minimum Gasteiger partial charge on any atom is -0.423 e. The van der Waals surface area contributed by atoms with E-state index in [0.717, 1.165) is 5.56 Å². The summed E-state index contributed by atoms with van der Waals surface area (Å²) in [5.41, 5.74) is 2.49. The highest BCUT2D eigenvalue weighted by Gasteiger charge is 2.20. The van der Waals surface area contributed by atoms with E-state index in [-0.39, 0.29) is 16.9 Å². The minimum absolute atomic E-state index is 0.133. The number of hydrogen-bond acceptors (Lipinski definition) is 3. The van der Waals surface area contributed by atoms with Crippen LogP contribution >= 0.6 is 0 Å². The van der Waals surface area contributed by atoms with Gasteiger partial charge in [-0.2, -0.15) is 0 Å². The van der Waals surface area contributed by atoms with Crippen LogP contribution in [0.4, 0.5) is 4.39 Å². The average Bonchev–Trinajstić information content (AvgIpc) is 2.80. The predicted molar refractivity (Wildman–Crippen MR) is 72.8 cm³/mol. The molecular weight excluding hydrogens is 260 g/mol. The van der Waals surface area contributed by atoms with Crippen molar-refractivity contribution in [3.8, 4) is 11.1 Å². The van der Waals surface area contributed by atoms with E-state index in [4.69, 9.17) is 10.0 Å². The van der Waals surface area contributed by atoms with E-state index in [1.807, 2.05) is 0 Å². The molecule has 20 heavy (non-hydrogen) atoms. The van der Waals surface area contributed by atoms with E-state index in [2.05, 4.69) is 5.32 Å². The Kier molecular flexibility index (Phi) is 3.04. The van der Waals surface area contributed by atoms with Crippen LogP contribution in [-0.4, -0.2) is 23.1 Å². The lowest BCUT2D eigenvalue weighted by Gasteiger charge is -2.08. The Balaban J connectivity index is 2.09. The smallest absolute Gasteiger partial charge is 0.423 e. The summed E-state index contributed by atoms with van der Waals surface area (Å²) in [6.45, 7) is 0.423. The molecule has 2 aromatic carbocycles. The third-order valence-corrected chi connectivity index (χ3v) is 3.39. The summed E-state index contributed by atoms with van der Waals surface area (Å²) < 4.78 is 13.9. The van der Waals surface area contributed by atoms with Crippen LogP contribution in [0.15, 0.2) is 36.4 Å². The maximum atomic E-state index is 13.9. The van der Waals surface area contributed by atoms with Crippen LogP contribution in [0.5, 0.6) is 0 Å². The Labute approximate surface area is 115 Å². The van der Waals surface area contributed by atoms with Crippen molar-refractivity contribution in [2.75, 3.05) is 0 Å². The molecule has 0 saturated heterocycles. The molecule has 0 fully saturated rings. The van der Waals surface area contributed by atoms with Crippen LogP contribution < -0.4 is 10.8 Å². The van der Waals surface area contributed by atoms with Crippen molar-refractivity contribution < 1.29 is 19.2 Å². The van der Waals surface area contributed by atoms with Gasteiger partial charge in [-0.3, -0.25) is 4.79 Å². The first-order chi connectivity index (χ1) is 9.56. The number of halogens is 1. The molecule has 0 aliphatic carbocycles. The highest BCUT2D eigenvalue weighted by molar-refractivity contribution is 6.58. The van der Waals surface area contributed by atoms with Gasteiger partial charge in [-0.1, -0.05) is 18.2 Å². The van der Waals surface area contributed by atoms with Crippen molar-refractivity contribution in [1.29, 1.82) is 0 Å². The lowest BCUT2D eigenvalue weighted by atomic mass is 9.79. The number of benzene rings is 2. The Morgan fingerprint density at radius 1 is 1.10 bits per heavy atom. The summed E-state index contributed by atoms with van der Waals surface area (Å²) in [6.07, 6.45) is 0. The van der Waals surface area contributed by atoms with E-state index in [0.29, 0.717) is 17.7 Å². The first kappa shape index (κ1) is 12.8. The molecule has 0 unspecified atom stereocenters. The Hall–Kier alpha value is -2.18. The van der Waals surface area contributed by atoms with Gasteiger partial charge in [0, 0.05) is 17.7 Å². The number of carbonyl (C=O) groups is 1. The molecule has 0 bridgehead atoms. The molecule has 4 nitrogen and oxygen atoms in total. The van der Waals surface area contributed by atoms with Gasteiger partial charge in [0.2, 0.25) is 0 Å². The molecule has 0 spiro atoms. The molecule has 1 aliphatic heterocycles. The summed E-state index contributed by atoms with van der Waals surface area (Å²) in [7, 11) is -1.65. The zero-order valence-corrected chi connectivity index (χ0v) is 10.4. The van der Waals surface area contributed by atoms with Crippen molar-refractivity contribution in [3.05, 3.63) is 53.3 Å². The first-order valence-corrected chi connectivity index (χ1v) is 6.13. The highest BCUT2D eigenvalue weighted by atomic mass is 19.1. The third-order valence-electron chi connectivity index (χ3n) is 3.39. The van der Waals surface area contributed by atoms with E-state index in [9.17, 15) is 9.18 Å². The second-order valence-electron chi connectivity index (χ2n) is 4.67. The Morgan fingerprint density at radius 2 is 1.90 bits per heavy atom. The molecular formula is C14H11BFNO3. The van der Waals surface area contributed by atoms with E-state index < -0.39 is 12.9 Å². The molecule has 2 aromatic rings. The standard InChI is InChI=1S/C14H11BFNO3/c16-13-4-2-10(15(19)20)6-12(13)8-1-3-11-9(5-8)7-17-14(11)18/h1-6,19-20H,7H2,(H,17,18). The first-order valence-electron chi connectivity index (χ1n) is 6.13. The number of carbonyl (C=O) groups excluding carboxylic acids is 1. The number of hydrogen-bond donors (Lipinski definition) is 3. The third kappa shape index (κ3) is 2.09. The van der Waals surface area contributed by atoms with E-state index in [1.54, 1.807) is 18.2 Å². The Morgan fingerprint density at radius 3 is 2.65 bits per heavy atom. The summed E-state index contributed by atoms with van der Waals surface area (Å²) in [5, 5.41) is 21.0. The maximum Gasteiger partial charge on any atom is 0.488 e. The lowest BCUT2D eigenvalue weighted by Crippen LogP contribution is -2.29. The van der Waals surface area contributed by atoms with Gasteiger partial charge in [0.05, 0.1) is 0 Å². The molecule has 6 heteroatoms. The van der Waals surface area contributed by atoms with Crippen molar-refractivity contribution in [2.24, 2.45) is 0 Å². The predicted octanol–water partition coefficient (Wildman–Crippen LogP) is 0.416. The van der Waals surface area contributed by atoms with Gasteiger partial charge in [-0.15, -0.1) is 0 Å². The van der Waals surface area contributed by atoms with Crippen LogP contribution in [0.25, 0.3) is 11.1 Å². The zero-order valence-electron chi connectivity index (χ0n) is 10.4. The summed E-state index contributed by atoms with van der Waals surface area (Å²) in [4.78, 5) is 11.5. The van der Waals surface area contributed by atoms with Crippen LogP contribution in [0.2, 0.25) is 0 Å². The molecule has 0 atom stereocenters. The summed E-state index contributed by atoms with van der Waals surface area (Å²) >= 11 is 0. The molecule has 0 radical (unpaired) electrons. The van der Waals surface area contributed by atoms with Crippen molar-refractivity contribution in [1.82, 2.24) is 5.32 Å². The van der Waals surface area contributed by atoms with Gasteiger partial charge in [0.15, 0.2) is 0 Å². The molecule has 3 rings (SSSR count). The average molecular weight is 271 g/mol. The molecule has 1 heterocycles. The molecule has 0 saturated carbocycles. The number of fused-ring (bicyclic) bond motifs is 1. The Bertz CT molecular complexity index is 703. The lowest BCUT2D eigenvalue weighted by molar-refractivity contribution is 0.0965. The van der Waals surface area contributed by atoms with Gasteiger partial charge in [-0.25, -0.2) is 4.39 Å². The molecule has 3 N–H and O–H groups in total. The van der Waals surface area contributed by atoms with Crippen molar-refractivity contribution >= 4 is 18.5 Å². The number of rotatable bonds is 2. The van der Waals surface area contributed by atoms with Gasteiger partial charge in [-0.05, 0) is 34.8 Å². The monoisotopic (exact) mass is 271 g/mol. The van der Waals surface area contributed by atoms with Crippen LogP contribution in [-0.2, 0) is 6.54 Å². The molecule has 1 amide bonds. The summed E-state index contributed by atoms with van der Waals surface area (Å²) in [5.74, 6) is -0.585.